The highest BCUT2D eigenvalue weighted by Gasteiger charge is 2.44. The van der Waals surface area contributed by atoms with E-state index in [4.69, 9.17) is 10.6 Å². The summed E-state index contributed by atoms with van der Waals surface area (Å²) in [6.45, 7) is 2.62. The van der Waals surface area contributed by atoms with Crippen LogP contribution >= 0.6 is 11.8 Å². The number of amides is 3. The first-order valence-electron chi connectivity index (χ1n) is 7.33. The fourth-order valence-corrected chi connectivity index (χ4v) is 4.49. The summed E-state index contributed by atoms with van der Waals surface area (Å²) in [5.74, 6) is 6.77. The van der Waals surface area contributed by atoms with Crippen molar-refractivity contribution in [3.8, 4) is 0 Å². The number of rotatable bonds is 6. The third kappa shape index (κ3) is 4.16. The lowest BCUT2D eigenvalue weighted by molar-refractivity contribution is 0.109. The van der Waals surface area contributed by atoms with E-state index in [0.717, 1.165) is 30.0 Å². The highest BCUT2D eigenvalue weighted by molar-refractivity contribution is 8.00. The lowest BCUT2D eigenvalue weighted by Gasteiger charge is -2.23. The van der Waals surface area contributed by atoms with Gasteiger partial charge in [0.15, 0.2) is 0 Å². The predicted octanol–water partition coefficient (Wildman–Crippen LogP) is 0.900. The van der Waals surface area contributed by atoms with Crippen LogP contribution in [0.25, 0.3) is 0 Å². The molecule has 1 unspecified atom stereocenters. The lowest BCUT2D eigenvalue weighted by atomic mass is 9.93. The Hall–Kier alpha value is -1.15. The van der Waals surface area contributed by atoms with Gasteiger partial charge in [0.1, 0.15) is 0 Å². The molecule has 120 valence electrons. The molecule has 0 aromatic heterocycles. The van der Waals surface area contributed by atoms with Gasteiger partial charge in [-0.1, -0.05) is 6.92 Å². The number of unbranched alkanes of at least 4 members (excludes halogenated alkanes) is 1. The number of hydrogen-bond acceptors (Lipinski definition) is 5. The minimum atomic E-state index is -0.503. The summed E-state index contributed by atoms with van der Waals surface area (Å²) in [6.07, 6.45) is 2.39. The number of nitrogens with one attached hydrogen (secondary N) is 2. The first kappa shape index (κ1) is 16.2. The van der Waals surface area contributed by atoms with E-state index in [1.54, 1.807) is 0 Å². The van der Waals surface area contributed by atoms with E-state index in [1.165, 1.54) is 7.05 Å². The van der Waals surface area contributed by atoms with Crippen LogP contribution in [0.1, 0.15) is 26.2 Å². The summed E-state index contributed by atoms with van der Waals surface area (Å²) in [5, 5.41) is 7.37. The van der Waals surface area contributed by atoms with Crippen molar-refractivity contribution in [2.45, 2.75) is 43.5 Å². The molecular formula is C13H24N4O3S. The van der Waals surface area contributed by atoms with E-state index < -0.39 is 6.09 Å². The van der Waals surface area contributed by atoms with E-state index in [0.29, 0.717) is 17.8 Å². The molecule has 8 heteroatoms. The van der Waals surface area contributed by atoms with Crippen LogP contribution in [0.3, 0.4) is 0 Å². The van der Waals surface area contributed by atoms with Crippen LogP contribution in [0.4, 0.5) is 9.59 Å². The van der Waals surface area contributed by atoms with Crippen molar-refractivity contribution in [3.05, 3.63) is 0 Å². The van der Waals surface area contributed by atoms with Gasteiger partial charge in [-0.25, -0.2) is 20.4 Å². The van der Waals surface area contributed by atoms with Crippen molar-refractivity contribution in [3.63, 3.8) is 0 Å². The zero-order chi connectivity index (χ0) is 15.4. The third-order valence-corrected chi connectivity index (χ3v) is 5.69. The van der Waals surface area contributed by atoms with E-state index in [-0.39, 0.29) is 18.1 Å². The van der Waals surface area contributed by atoms with Crippen molar-refractivity contribution >= 4 is 23.9 Å². The van der Waals surface area contributed by atoms with E-state index in [9.17, 15) is 9.59 Å². The molecule has 7 nitrogen and oxygen atoms in total. The monoisotopic (exact) mass is 316 g/mol. The maximum atomic E-state index is 11.3. The number of urea groups is 1. The van der Waals surface area contributed by atoms with Crippen LogP contribution in [0.15, 0.2) is 0 Å². The smallest absolute Gasteiger partial charge is 0.423 e. The van der Waals surface area contributed by atoms with E-state index in [2.05, 4.69) is 17.6 Å². The van der Waals surface area contributed by atoms with Gasteiger partial charge < -0.3 is 15.4 Å². The standard InChI is InChI=1S/C13H24N4O3S/c1-8(5-3-4-6-20-13(19)17(2)14)11-10-9(7-21-11)15-12(18)16-10/h8-11H,3-7,14H2,1-2H3,(H2,15,16,18)/t8?,9-,10-,11-/m0/s1. The first-order chi connectivity index (χ1) is 9.99. The Kier molecular flexibility index (Phi) is 5.58. The number of nitrogens with two attached hydrogens (primary N) is 1. The Bertz CT molecular complexity index is 394. The normalized spacial score (nSPS) is 28.5. The summed E-state index contributed by atoms with van der Waals surface area (Å²) in [5.41, 5.74) is 0. The number of hydrogen-bond donors (Lipinski definition) is 3. The molecule has 2 saturated heterocycles. The molecule has 0 saturated carbocycles. The van der Waals surface area contributed by atoms with Crippen LogP contribution in [-0.2, 0) is 4.74 Å². The summed E-state index contributed by atoms with van der Waals surface area (Å²) >= 11 is 1.93. The number of thioether (sulfide) groups is 1. The molecule has 0 aromatic carbocycles. The molecule has 2 heterocycles. The van der Waals surface area contributed by atoms with Gasteiger partial charge in [-0.3, -0.25) is 0 Å². The highest BCUT2D eigenvalue weighted by atomic mass is 32.2. The topological polar surface area (TPSA) is 96.7 Å². The Balaban J connectivity index is 1.63. The van der Waals surface area contributed by atoms with E-state index >= 15 is 0 Å². The van der Waals surface area contributed by atoms with Crippen molar-refractivity contribution in [2.75, 3.05) is 19.4 Å². The van der Waals surface area contributed by atoms with Crippen molar-refractivity contribution < 1.29 is 14.3 Å². The zero-order valence-corrected chi connectivity index (χ0v) is 13.3. The van der Waals surface area contributed by atoms with Gasteiger partial charge in [-0.05, 0) is 25.2 Å². The molecule has 0 bridgehead atoms. The third-order valence-electron chi connectivity index (χ3n) is 4.00. The summed E-state index contributed by atoms with van der Waals surface area (Å²) < 4.78 is 4.98. The van der Waals surface area contributed by atoms with Crippen LogP contribution in [0.2, 0.25) is 0 Å². The molecule has 2 rings (SSSR count). The van der Waals surface area contributed by atoms with Crippen molar-refractivity contribution in [1.29, 1.82) is 0 Å². The molecular weight excluding hydrogens is 292 g/mol. The quantitative estimate of drug-likeness (QED) is 0.222. The second-order valence-electron chi connectivity index (χ2n) is 5.75. The van der Waals surface area contributed by atoms with Crippen molar-refractivity contribution in [2.24, 2.45) is 11.8 Å². The molecule has 2 aliphatic heterocycles. The first-order valence-corrected chi connectivity index (χ1v) is 8.37. The lowest BCUT2D eigenvalue weighted by Crippen LogP contribution is -2.39. The molecule has 0 aromatic rings. The summed E-state index contributed by atoms with van der Waals surface area (Å²) in [4.78, 5) is 22.5. The number of hydrazine groups is 1. The second-order valence-corrected chi connectivity index (χ2v) is 6.96. The molecule has 0 radical (unpaired) electrons. The SMILES string of the molecule is CC(CCCCOC(=O)N(C)N)[C@@H]1SC[C@@H]2NC(=O)N[C@@H]21. The Morgan fingerprint density at radius 1 is 1.52 bits per heavy atom. The average Bonchev–Trinajstić information content (AvgIpc) is 2.96. The maximum absolute atomic E-state index is 11.3. The van der Waals surface area contributed by atoms with Crippen LogP contribution in [0, 0.1) is 5.92 Å². The number of carbonyl (C=O) groups is 2. The largest absolute Gasteiger partial charge is 0.448 e. The second kappa shape index (κ2) is 7.22. The van der Waals surface area contributed by atoms with Gasteiger partial charge >= 0.3 is 12.1 Å². The molecule has 2 fully saturated rings. The number of fused-ring (bicyclic) bond motifs is 1. The molecule has 2 aliphatic rings. The number of ether oxygens (including phenoxy) is 1. The molecule has 21 heavy (non-hydrogen) atoms. The average molecular weight is 316 g/mol. The molecule has 4 N–H and O–H groups in total. The number of carbonyl (C=O) groups excluding carboxylic acids is 2. The van der Waals surface area contributed by atoms with Gasteiger partial charge in [0.05, 0.1) is 18.7 Å². The fourth-order valence-electron chi connectivity index (χ4n) is 2.84. The minimum absolute atomic E-state index is 0.0414. The predicted molar refractivity (Wildman–Crippen MR) is 81.8 cm³/mol. The van der Waals surface area contributed by atoms with Gasteiger partial charge in [0.2, 0.25) is 0 Å². The van der Waals surface area contributed by atoms with E-state index in [1.807, 2.05) is 11.8 Å². The summed E-state index contributed by atoms with van der Waals surface area (Å²) in [7, 11) is 1.46. The van der Waals surface area contributed by atoms with Crippen LogP contribution in [0.5, 0.6) is 0 Å². The Labute approximate surface area is 129 Å². The van der Waals surface area contributed by atoms with Gasteiger partial charge in [0.25, 0.3) is 0 Å². The molecule has 0 spiro atoms. The minimum Gasteiger partial charge on any atom is -0.448 e. The van der Waals surface area contributed by atoms with Crippen molar-refractivity contribution in [1.82, 2.24) is 15.6 Å². The van der Waals surface area contributed by atoms with Gasteiger partial charge in [0, 0.05) is 18.1 Å². The van der Waals surface area contributed by atoms with Gasteiger partial charge in [-0.15, -0.1) is 0 Å². The maximum Gasteiger partial charge on any atom is 0.423 e. The molecule has 4 atom stereocenters. The molecule has 0 aliphatic carbocycles. The van der Waals surface area contributed by atoms with Gasteiger partial charge in [-0.2, -0.15) is 11.8 Å². The summed E-state index contributed by atoms with van der Waals surface area (Å²) in [6, 6.07) is 0.484. The number of nitrogens with zero attached hydrogens (tertiary/aromatic N) is 1. The fraction of sp³-hybridized carbons (Fsp3) is 0.846. The van der Waals surface area contributed by atoms with Crippen LogP contribution < -0.4 is 16.5 Å². The van der Waals surface area contributed by atoms with Crippen LogP contribution in [-0.4, -0.2) is 53.9 Å². The highest BCUT2D eigenvalue weighted by Crippen LogP contribution is 2.36. The molecule has 3 amide bonds. The Morgan fingerprint density at radius 2 is 2.29 bits per heavy atom. The Morgan fingerprint density at radius 3 is 3.00 bits per heavy atom. The zero-order valence-electron chi connectivity index (χ0n) is 12.5.